The Bertz CT molecular complexity index is 1130. The van der Waals surface area contributed by atoms with Crippen molar-refractivity contribution >= 4 is 23.4 Å². The highest BCUT2D eigenvalue weighted by atomic mass is 16.6. The van der Waals surface area contributed by atoms with Gasteiger partial charge in [-0.2, -0.15) is 0 Å². The monoisotopic (exact) mass is 491 g/mol. The number of hydrogen-bond acceptors (Lipinski definition) is 9. The van der Waals surface area contributed by atoms with E-state index in [2.05, 4.69) is 42.5 Å². The molecule has 2 aromatic heterocycles. The zero-order valence-electron chi connectivity index (χ0n) is 21.0. The first-order valence-electron chi connectivity index (χ1n) is 12.1. The molecular formula is C26H33N7O3. The van der Waals surface area contributed by atoms with E-state index in [9.17, 15) is 4.79 Å². The molecule has 0 spiro atoms. The molecule has 0 atom stereocenters. The molecule has 0 unspecified atom stereocenters. The van der Waals surface area contributed by atoms with Gasteiger partial charge in [0.25, 0.3) is 5.91 Å². The molecule has 0 saturated carbocycles. The van der Waals surface area contributed by atoms with Crippen molar-refractivity contribution in [1.29, 1.82) is 0 Å². The predicted molar refractivity (Wildman–Crippen MR) is 139 cm³/mol. The fourth-order valence-electron chi connectivity index (χ4n) is 4.11. The predicted octanol–water partition coefficient (Wildman–Crippen LogP) is 2.84. The number of rotatable bonds is 10. The van der Waals surface area contributed by atoms with E-state index in [1.165, 1.54) is 7.11 Å². The van der Waals surface area contributed by atoms with Crippen LogP contribution in [0.25, 0.3) is 0 Å². The van der Waals surface area contributed by atoms with Crippen molar-refractivity contribution in [3.8, 4) is 5.75 Å². The number of nitrogens with zero attached hydrogens (tertiary/aromatic N) is 5. The average molecular weight is 492 g/mol. The maximum Gasteiger partial charge on any atom is 0.274 e. The standard InChI is InChI=1S/C26H33N7O3/c1-4-32-9-11-33(12-10-32)24-8-7-22(18-27-24)30-26-28-16-20(17-29-26)6-5-19-13-21(25(34)31-36-3)15-23(14-19)35-2/h7-8,13-18H,4-6,9-12H2,1-3H3,(H,31,34)(H,28,29,30). The number of aryl methyl sites for hydroxylation is 2. The van der Waals surface area contributed by atoms with Crippen molar-refractivity contribution in [1.82, 2.24) is 25.3 Å². The summed E-state index contributed by atoms with van der Waals surface area (Å²) in [4.78, 5) is 35.1. The Morgan fingerprint density at radius 2 is 1.69 bits per heavy atom. The summed E-state index contributed by atoms with van der Waals surface area (Å²) in [6.45, 7) is 7.43. The summed E-state index contributed by atoms with van der Waals surface area (Å²) < 4.78 is 5.34. The van der Waals surface area contributed by atoms with Gasteiger partial charge in [0, 0.05) is 44.1 Å². The minimum atomic E-state index is -0.321. The van der Waals surface area contributed by atoms with Crippen molar-refractivity contribution in [2.24, 2.45) is 0 Å². The Balaban J connectivity index is 1.32. The first-order chi connectivity index (χ1) is 17.6. The highest BCUT2D eigenvalue weighted by Gasteiger charge is 2.16. The number of hydrogen-bond donors (Lipinski definition) is 2. The number of ether oxygens (including phenoxy) is 1. The summed E-state index contributed by atoms with van der Waals surface area (Å²) in [6, 6.07) is 9.46. The van der Waals surface area contributed by atoms with Crippen LogP contribution in [-0.2, 0) is 17.7 Å². The largest absolute Gasteiger partial charge is 0.497 e. The van der Waals surface area contributed by atoms with Crippen molar-refractivity contribution in [2.75, 3.05) is 57.2 Å². The molecule has 1 aliphatic rings. The SMILES string of the molecule is CCN1CCN(c2ccc(Nc3ncc(CCc4cc(OC)cc(C(=O)NOC)c4)cn3)cn2)CC1. The van der Waals surface area contributed by atoms with Crippen molar-refractivity contribution in [2.45, 2.75) is 19.8 Å². The van der Waals surface area contributed by atoms with E-state index in [-0.39, 0.29) is 5.91 Å². The van der Waals surface area contributed by atoms with Gasteiger partial charge in [-0.25, -0.2) is 20.4 Å². The van der Waals surface area contributed by atoms with Crippen LogP contribution >= 0.6 is 0 Å². The van der Waals surface area contributed by atoms with Crippen LogP contribution in [0, 0.1) is 0 Å². The third kappa shape index (κ3) is 6.67. The lowest BCUT2D eigenvalue weighted by Gasteiger charge is -2.34. The molecule has 4 rings (SSSR count). The molecular weight excluding hydrogens is 458 g/mol. The number of methoxy groups -OCH3 is 1. The van der Waals surface area contributed by atoms with Crippen LogP contribution in [0.3, 0.4) is 0 Å². The lowest BCUT2D eigenvalue weighted by Crippen LogP contribution is -2.46. The first-order valence-corrected chi connectivity index (χ1v) is 12.1. The van der Waals surface area contributed by atoms with Gasteiger partial charge in [0.2, 0.25) is 5.95 Å². The number of carbonyl (C=O) groups excluding carboxylic acids is 1. The Morgan fingerprint density at radius 3 is 2.33 bits per heavy atom. The molecule has 2 N–H and O–H groups in total. The summed E-state index contributed by atoms with van der Waals surface area (Å²) in [5.74, 6) is 1.81. The Labute approximate surface area is 211 Å². The van der Waals surface area contributed by atoms with Crippen molar-refractivity contribution < 1.29 is 14.4 Å². The summed E-state index contributed by atoms with van der Waals surface area (Å²) >= 11 is 0. The van der Waals surface area contributed by atoms with E-state index in [0.29, 0.717) is 23.7 Å². The second-order valence-electron chi connectivity index (χ2n) is 8.57. The first kappa shape index (κ1) is 25.3. The number of carbonyl (C=O) groups is 1. The van der Waals surface area contributed by atoms with E-state index in [4.69, 9.17) is 9.57 Å². The molecule has 10 heteroatoms. The maximum atomic E-state index is 12.1. The number of pyridine rings is 1. The van der Waals surface area contributed by atoms with Crippen LogP contribution in [0.1, 0.15) is 28.4 Å². The second-order valence-corrected chi connectivity index (χ2v) is 8.57. The van der Waals surface area contributed by atoms with Crippen LogP contribution in [-0.4, -0.2) is 72.7 Å². The number of amides is 1. The fourth-order valence-corrected chi connectivity index (χ4v) is 4.11. The third-order valence-corrected chi connectivity index (χ3v) is 6.21. The quantitative estimate of drug-likeness (QED) is 0.414. The number of aromatic nitrogens is 3. The summed E-state index contributed by atoms with van der Waals surface area (Å²) in [7, 11) is 2.98. The summed E-state index contributed by atoms with van der Waals surface area (Å²) in [5.41, 5.74) is 5.62. The molecule has 36 heavy (non-hydrogen) atoms. The fraction of sp³-hybridized carbons (Fsp3) is 0.385. The number of piperazine rings is 1. The van der Waals surface area contributed by atoms with Gasteiger partial charge in [-0.3, -0.25) is 9.63 Å². The van der Waals surface area contributed by atoms with Gasteiger partial charge in [0.05, 0.1) is 26.1 Å². The molecule has 190 valence electrons. The minimum absolute atomic E-state index is 0.321. The molecule has 0 aliphatic carbocycles. The molecule has 3 heterocycles. The lowest BCUT2D eigenvalue weighted by molar-refractivity contribution is 0.0537. The Hall–Kier alpha value is -3.76. The lowest BCUT2D eigenvalue weighted by atomic mass is 10.0. The molecule has 1 aromatic carbocycles. The summed E-state index contributed by atoms with van der Waals surface area (Å²) in [5, 5.41) is 3.21. The molecule has 1 saturated heterocycles. The minimum Gasteiger partial charge on any atom is -0.497 e. The molecule has 0 bridgehead atoms. The molecule has 1 fully saturated rings. The van der Waals surface area contributed by atoms with Gasteiger partial charge in [0.15, 0.2) is 0 Å². The molecule has 3 aromatic rings. The van der Waals surface area contributed by atoms with Crippen LogP contribution < -0.4 is 20.4 Å². The molecule has 0 radical (unpaired) electrons. The molecule has 1 amide bonds. The zero-order chi connectivity index (χ0) is 25.3. The van der Waals surface area contributed by atoms with Gasteiger partial charge < -0.3 is 19.9 Å². The van der Waals surface area contributed by atoms with Crippen LogP contribution in [0.4, 0.5) is 17.5 Å². The smallest absolute Gasteiger partial charge is 0.274 e. The number of hydroxylamine groups is 1. The summed E-state index contributed by atoms with van der Waals surface area (Å²) in [6.07, 6.45) is 6.86. The van der Waals surface area contributed by atoms with Gasteiger partial charge in [-0.1, -0.05) is 6.92 Å². The Morgan fingerprint density at radius 1 is 0.944 bits per heavy atom. The molecule has 10 nitrogen and oxygen atoms in total. The molecule has 1 aliphatic heterocycles. The highest BCUT2D eigenvalue weighted by Crippen LogP contribution is 2.20. The van der Waals surface area contributed by atoms with Crippen molar-refractivity contribution in [3.05, 3.63) is 65.6 Å². The van der Waals surface area contributed by atoms with E-state index < -0.39 is 0 Å². The van der Waals surface area contributed by atoms with E-state index in [1.807, 2.05) is 42.9 Å². The van der Waals surface area contributed by atoms with Crippen LogP contribution in [0.15, 0.2) is 48.9 Å². The Kier molecular flexibility index (Phi) is 8.64. The number of likely N-dealkylation sites (N-methyl/N-ethyl adjacent to an activating group) is 1. The third-order valence-electron chi connectivity index (χ3n) is 6.21. The maximum absolute atomic E-state index is 12.1. The highest BCUT2D eigenvalue weighted by molar-refractivity contribution is 5.94. The van der Waals surface area contributed by atoms with Gasteiger partial charge in [0.1, 0.15) is 11.6 Å². The normalized spacial score (nSPS) is 13.9. The second kappa shape index (κ2) is 12.3. The van der Waals surface area contributed by atoms with Crippen LogP contribution in [0.2, 0.25) is 0 Å². The van der Waals surface area contributed by atoms with Crippen LogP contribution in [0.5, 0.6) is 5.75 Å². The van der Waals surface area contributed by atoms with E-state index in [0.717, 1.165) is 61.8 Å². The van der Waals surface area contributed by atoms with E-state index >= 15 is 0 Å². The van der Waals surface area contributed by atoms with Crippen molar-refractivity contribution in [3.63, 3.8) is 0 Å². The topological polar surface area (TPSA) is 105 Å². The van der Waals surface area contributed by atoms with Gasteiger partial charge in [-0.05, 0) is 60.8 Å². The average Bonchev–Trinajstić information content (AvgIpc) is 2.93. The number of benzene rings is 1. The number of anilines is 3. The van der Waals surface area contributed by atoms with Gasteiger partial charge >= 0.3 is 0 Å². The van der Waals surface area contributed by atoms with Gasteiger partial charge in [-0.15, -0.1) is 0 Å². The zero-order valence-corrected chi connectivity index (χ0v) is 21.0. The van der Waals surface area contributed by atoms with E-state index in [1.54, 1.807) is 13.2 Å². The number of nitrogens with one attached hydrogen (secondary N) is 2.